The summed E-state index contributed by atoms with van der Waals surface area (Å²) in [5.41, 5.74) is 1.64. The van der Waals surface area contributed by atoms with E-state index in [1.54, 1.807) is 24.3 Å². The first kappa shape index (κ1) is 23.4. The molecule has 0 bridgehead atoms. The van der Waals surface area contributed by atoms with E-state index >= 15 is 0 Å². The third kappa shape index (κ3) is 5.17. The van der Waals surface area contributed by atoms with Gasteiger partial charge in [0, 0.05) is 23.9 Å². The number of pyridine rings is 2. The molecule has 1 amide bonds. The van der Waals surface area contributed by atoms with Gasteiger partial charge in [-0.05, 0) is 30.3 Å². The molecule has 5 rings (SSSR count). The van der Waals surface area contributed by atoms with Gasteiger partial charge in [-0.15, -0.1) is 0 Å². The summed E-state index contributed by atoms with van der Waals surface area (Å²) >= 11 is 0. The molecule has 0 spiro atoms. The summed E-state index contributed by atoms with van der Waals surface area (Å²) in [7, 11) is 1.53. The van der Waals surface area contributed by atoms with Crippen molar-refractivity contribution in [3.63, 3.8) is 0 Å². The van der Waals surface area contributed by atoms with Crippen LogP contribution in [-0.4, -0.2) is 66.3 Å². The van der Waals surface area contributed by atoms with Crippen molar-refractivity contribution in [3.8, 4) is 11.5 Å². The molecule has 184 valence electrons. The van der Waals surface area contributed by atoms with Crippen LogP contribution in [-0.2, 0) is 27.2 Å². The number of carbonyl (C=O) groups is 1. The van der Waals surface area contributed by atoms with Gasteiger partial charge in [-0.2, -0.15) is 0 Å². The Morgan fingerprint density at radius 2 is 2.11 bits per heavy atom. The summed E-state index contributed by atoms with van der Waals surface area (Å²) < 4.78 is 36.6. The highest BCUT2D eigenvalue weighted by atomic mass is 19.1. The highest BCUT2D eigenvalue weighted by molar-refractivity contribution is 5.94. The smallest absolute Gasteiger partial charge is 0.263 e. The molecule has 0 radical (unpaired) electrons. The van der Waals surface area contributed by atoms with Crippen molar-refractivity contribution >= 4 is 22.6 Å². The third-order valence-corrected chi connectivity index (χ3v) is 5.89. The Labute approximate surface area is 200 Å². The number of methoxy groups -OCH3 is 1. The molecule has 35 heavy (non-hydrogen) atoms. The highest BCUT2D eigenvalue weighted by Crippen LogP contribution is 2.27. The van der Waals surface area contributed by atoms with E-state index in [0.717, 1.165) is 6.20 Å². The van der Waals surface area contributed by atoms with Crippen LogP contribution in [0.3, 0.4) is 0 Å². The summed E-state index contributed by atoms with van der Waals surface area (Å²) in [6.45, 7) is 0.984. The molecule has 1 fully saturated rings. The first-order valence-corrected chi connectivity index (χ1v) is 11.2. The number of nitrogens with zero attached hydrogens (tertiary/aromatic N) is 2. The molecule has 4 heterocycles. The fraction of sp³-hybridized carbons (Fsp3) is 0.375. The molecule has 2 aliphatic rings. The number of hydrogen-bond acceptors (Lipinski definition) is 9. The van der Waals surface area contributed by atoms with Gasteiger partial charge in [0.05, 0.1) is 43.8 Å². The normalized spacial score (nSPS) is 20.6. The lowest BCUT2D eigenvalue weighted by atomic mass is 10.0. The van der Waals surface area contributed by atoms with Gasteiger partial charge in [-0.3, -0.25) is 9.78 Å². The SMILES string of the molecule is COc1ccc2ncc(F)c(C[C@H](O)C3OCC(NCc4ccc5c(n4)NC(=O)CO5)CO3)c2c1. The maximum absolute atomic E-state index is 14.6. The van der Waals surface area contributed by atoms with Gasteiger partial charge in [0.15, 0.2) is 24.5 Å². The number of ether oxygens (including phenoxy) is 4. The van der Waals surface area contributed by atoms with Crippen LogP contribution in [0.4, 0.5) is 10.2 Å². The topological polar surface area (TPSA) is 124 Å². The lowest BCUT2D eigenvalue weighted by Crippen LogP contribution is -2.48. The van der Waals surface area contributed by atoms with Crippen molar-refractivity contribution < 1.29 is 33.2 Å². The molecule has 0 saturated carbocycles. The van der Waals surface area contributed by atoms with Crippen LogP contribution in [0.1, 0.15) is 11.3 Å². The third-order valence-electron chi connectivity index (χ3n) is 5.89. The Morgan fingerprint density at radius 3 is 2.91 bits per heavy atom. The Bertz CT molecular complexity index is 1230. The number of benzene rings is 1. The molecular formula is C24H25FN4O6. The zero-order valence-electron chi connectivity index (χ0n) is 19.0. The minimum absolute atomic E-state index is 0.00633. The van der Waals surface area contributed by atoms with E-state index in [0.29, 0.717) is 59.2 Å². The molecule has 2 aromatic heterocycles. The molecule has 1 atom stereocenters. The van der Waals surface area contributed by atoms with Crippen LogP contribution in [0.5, 0.6) is 11.5 Å². The van der Waals surface area contributed by atoms with E-state index in [9.17, 15) is 14.3 Å². The summed E-state index contributed by atoms with van der Waals surface area (Å²) in [4.78, 5) is 20.0. The van der Waals surface area contributed by atoms with Gasteiger partial charge in [0.2, 0.25) is 0 Å². The van der Waals surface area contributed by atoms with Crippen LogP contribution < -0.4 is 20.1 Å². The predicted molar refractivity (Wildman–Crippen MR) is 123 cm³/mol. The second-order valence-corrected chi connectivity index (χ2v) is 8.34. The molecule has 1 saturated heterocycles. The minimum atomic E-state index is -1.08. The van der Waals surface area contributed by atoms with Gasteiger partial charge in [-0.1, -0.05) is 0 Å². The summed E-state index contributed by atoms with van der Waals surface area (Å²) in [5.74, 6) is 0.745. The van der Waals surface area contributed by atoms with Crippen LogP contribution >= 0.6 is 0 Å². The molecule has 1 aromatic carbocycles. The molecule has 3 aromatic rings. The van der Waals surface area contributed by atoms with E-state index in [1.165, 1.54) is 7.11 Å². The molecule has 3 N–H and O–H groups in total. The van der Waals surface area contributed by atoms with Crippen molar-refractivity contribution in [2.45, 2.75) is 31.4 Å². The number of nitrogens with one attached hydrogen (secondary N) is 2. The monoisotopic (exact) mass is 484 g/mol. The largest absolute Gasteiger partial charge is 0.497 e. The van der Waals surface area contributed by atoms with E-state index < -0.39 is 18.2 Å². The molecule has 11 heteroatoms. The standard InChI is InChI=1S/C24H25FN4O6/c1-32-15-3-4-19-17(6-15)16(18(25)9-27-19)7-20(30)24-34-10-14(11-35-24)26-8-13-2-5-21-23(28-13)29-22(31)12-33-21/h2-6,9,14,20,24,26,30H,7-8,10-12H2,1H3,(H,28,29,31)/t14?,20-,24?/m0/s1. The number of amides is 1. The minimum Gasteiger partial charge on any atom is -0.497 e. The Hall–Kier alpha value is -3.38. The summed E-state index contributed by atoms with van der Waals surface area (Å²) in [6, 6.07) is 8.62. The summed E-state index contributed by atoms with van der Waals surface area (Å²) in [6.07, 6.45) is -0.831. The molecule has 0 unspecified atom stereocenters. The number of anilines is 1. The van der Waals surface area contributed by atoms with Crippen LogP contribution in [0.15, 0.2) is 36.5 Å². The fourth-order valence-corrected chi connectivity index (χ4v) is 4.05. The van der Waals surface area contributed by atoms with Gasteiger partial charge in [0.1, 0.15) is 17.7 Å². The van der Waals surface area contributed by atoms with Gasteiger partial charge < -0.3 is 34.7 Å². The number of hydrogen-bond donors (Lipinski definition) is 3. The average Bonchev–Trinajstić information content (AvgIpc) is 2.88. The zero-order chi connectivity index (χ0) is 24.4. The van der Waals surface area contributed by atoms with Crippen LogP contribution in [0.25, 0.3) is 10.9 Å². The predicted octanol–water partition coefficient (Wildman–Crippen LogP) is 1.54. The first-order chi connectivity index (χ1) is 17.0. The quantitative estimate of drug-likeness (QED) is 0.458. The van der Waals surface area contributed by atoms with Gasteiger partial charge in [-0.25, -0.2) is 9.37 Å². The molecule has 10 nitrogen and oxygen atoms in total. The van der Waals surface area contributed by atoms with Crippen molar-refractivity contribution in [1.82, 2.24) is 15.3 Å². The average molecular weight is 484 g/mol. The number of fused-ring (bicyclic) bond motifs is 2. The number of halogens is 1. The lowest BCUT2D eigenvalue weighted by Gasteiger charge is -2.32. The maximum Gasteiger partial charge on any atom is 0.263 e. The van der Waals surface area contributed by atoms with Gasteiger partial charge in [0.25, 0.3) is 5.91 Å². The van der Waals surface area contributed by atoms with E-state index in [4.69, 9.17) is 18.9 Å². The second-order valence-electron chi connectivity index (χ2n) is 8.34. The Balaban J connectivity index is 1.16. The van der Waals surface area contributed by atoms with E-state index in [-0.39, 0.29) is 25.0 Å². The number of rotatable bonds is 7. The Kier molecular flexibility index (Phi) is 6.73. The van der Waals surface area contributed by atoms with Crippen molar-refractivity contribution in [1.29, 1.82) is 0 Å². The lowest BCUT2D eigenvalue weighted by molar-refractivity contribution is -0.230. The molecule has 0 aliphatic carbocycles. The first-order valence-electron chi connectivity index (χ1n) is 11.2. The van der Waals surface area contributed by atoms with Gasteiger partial charge >= 0.3 is 0 Å². The number of aliphatic hydroxyl groups is 1. The second kappa shape index (κ2) is 10.1. The zero-order valence-corrected chi connectivity index (χ0v) is 19.0. The Morgan fingerprint density at radius 1 is 1.29 bits per heavy atom. The highest BCUT2D eigenvalue weighted by Gasteiger charge is 2.29. The number of aliphatic hydroxyl groups excluding tert-OH is 1. The van der Waals surface area contributed by atoms with Crippen LogP contribution in [0.2, 0.25) is 0 Å². The number of carbonyl (C=O) groups excluding carboxylic acids is 1. The maximum atomic E-state index is 14.6. The van der Waals surface area contributed by atoms with E-state index in [2.05, 4.69) is 20.6 Å². The van der Waals surface area contributed by atoms with E-state index in [1.807, 2.05) is 6.07 Å². The molecular weight excluding hydrogens is 459 g/mol. The molecule has 2 aliphatic heterocycles. The van der Waals surface area contributed by atoms with Crippen LogP contribution in [0, 0.1) is 5.82 Å². The number of aromatic nitrogens is 2. The fourth-order valence-electron chi connectivity index (χ4n) is 4.05. The van der Waals surface area contributed by atoms with Crippen molar-refractivity contribution in [2.24, 2.45) is 0 Å². The summed E-state index contributed by atoms with van der Waals surface area (Å²) in [5, 5.41) is 17.2. The van der Waals surface area contributed by atoms with Crippen molar-refractivity contribution in [3.05, 3.63) is 53.6 Å². The van der Waals surface area contributed by atoms with Crippen molar-refractivity contribution in [2.75, 3.05) is 32.2 Å².